The number of anilines is 1. The molecule has 0 aromatic heterocycles. The van der Waals surface area contributed by atoms with Gasteiger partial charge >= 0.3 is 6.03 Å². The lowest BCUT2D eigenvalue weighted by Crippen LogP contribution is -2.49. The molecule has 7 heteroatoms. The van der Waals surface area contributed by atoms with Crippen molar-refractivity contribution in [1.29, 1.82) is 0 Å². The zero-order valence-electron chi connectivity index (χ0n) is 24.0. The van der Waals surface area contributed by atoms with E-state index in [1.54, 1.807) is 14.2 Å². The minimum Gasteiger partial charge on any atom is -0.496 e. The summed E-state index contributed by atoms with van der Waals surface area (Å²) >= 11 is 0. The second-order valence-electron chi connectivity index (χ2n) is 11.2. The van der Waals surface area contributed by atoms with Crippen molar-refractivity contribution < 1.29 is 19.0 Å². The maximum Gasteiger partial charge on any atom is 0.324 e. The van der Waals surface area contributed by atoms with Crippen LogP contribution in [0.3, 0.4) is 0 Å². The van der Waals surface area contributed by atoms with Gasteiger partial charge in [-0.3, -0.25) is 9.80 Å². The van der Waals surface area contributed by atoms with Crippen molar-refractivity contribution in [3.8, 4) is 17.2 Å². The first kappa shape index (κ1) is 27.6. The maximum atomic E-state index is 13.6. The third kappa shape index (κ3) is 6.29. The van der Waals surface area contributed by atoms with E-state index in [0.29, 0.717) is 31.2 Å². The standard InChI is InChI=1S/C32H45N3O4/c1-4-5-6-20-39-31-22-28(14-15-29(31)37-2)35-18-7-17-33(32(35)36)23-25-9-8-24(21-30(25)38-3)16-19-34-26-10-11-27(34)13-12-26/h8-9,14-15,21-22,26-27H,4-7,10-13,16-20,23H2,1-3H3. The van der Waals surface area contributed by atoms with Gasteiger partial charge in [-0.1, -0.05) is 31.9 Å². The van der Waals surface area contributed by atoms with Gasteiger partial charge in [0.2, 0.25) is 0 Å². The van der Waals surface area contributed by atoms with Crippen LogP contribution in [0.1, 0.15) is 69.4 Å². The highest BCUT2D eigenvalue weighted by Crippen LogP contribution is 2.37. The molecule has 2 bridgehead atoms. The number of hydrogen-bond donors (Lipinski definition) is 0. The Labute approximate surface area is 234 Å². The van der Waals surface area contributed by atoms with E-state index in [1.165, 1.54) is 31.2 Å². The topological polar surface area (TPSA) is 54.5 Å². The molecule has 2 aromatic rings. The summed E-state index contributed by atoms with van der Waals surface area (Å²) in [5.74, 6) is 2.25. The molecule has 0 spiro atoms. The number of methoxy groups -OCH3 is 2. The third-order valence-electron chi connectivity index (χ3n) is 8.75. The van der Waals surface area contributed by atoms with Crippen LogP contribution in [-0.2, 0) is 13.0 Å². The number of hydrogen-bond acceptors (Lipinski definition) is 5. The summed E-state index contributed by atoms with van der Waals surface area (Å²) in [6.45, 7) is 5.90. The van der Waals surface area contributed by atoms with Crippen LogP contribution < -0.4 is 19.1 Å². The molecule has 2 amide bonds. The Bertz CT molecular complexity index is 1100. The Kier molecular flexibility index (Phi) is 9.17. The number of benzene rings is 2. The molecule has 3 heterocycles. The summed E-state index contributed by atoms with van der Waals surface area (Å²) in [4.78, 5) is 20.1. The Morgan fingerprint density at radius 1 is 0.872 bits per heavy atom. The molecular formula is C32H45N3O4. The first-order valence-corrected chi connectivity index (χ1v) is 14.9. The fraction of sp³-hybridized carbons (Fsp3) is 0.594. The fourth-order valence-corrected chi connectivity index (χ4v) is 6.57. The summed E-state index contributed by atoms with van der Waals surface area (Å²) < 4.78 is 17.3. The highest BCUT2D eigenvalue weighted by atomic mass is 16.5. The van der Waals surface area contributed by atoms with Gasteiger partial charge in [-0.25, -0.2) is 4.79 Å². The quantitative estimate of drug-likeness (QED) is 0.283. The van der Waals surface area contributed by atoms with Crippen LogP contribution >= 0.6 is 0 Å². The molecule has 0 unspecified atom stereocenters. The van der Waals surface area contributed by atoms with Gasteiger partial charge < -0.3 is 19.1 Å². The first-order chi connectivity index (χ1) is 19.1. The number of carbonyl (C=O) groups is 1. The zero-order valence-corrected chi connectivity index (χ0v) is 24.0. The SMILES string of the molecule is CCCCCOc1cc(N2CCCN(Cc3ccc(CCN4C5CCC4CC5)cc3OC)C2=O)ccc1OC. The summed E-state index contributed by atoms with van der Waals surface area (Å²) in [7, 11) is 3.38. The minimum atomic E-state index is 0.0130. The predicted octanol–water partition coefficient (Wildman–Crippen LogP) is 6.27. The van der Waals surface area contributed by atoms with E-state index >= 15 is 0 Å². The molecule has 3 fully saturated rings. The van der Waals surface area contributed by atoms with Crippen molar-refractivity contribution in [3.63, 3.8) is 0 Å². The molecule has 0 aliphatic carbocycles. The lowest BCUT2D eigenvalue weighted by Gasteiger charge is -2.36. The fourth-order valence-electron chi connectivity index (χ4n) is 6.57. The van der Waals surface area contributed by atoms with Crippen molar-refractivity contribution in [1.82, 2.24) is 9.80 Å². The van der Waals surface area contributed by atoms with Gasteiger partial charge in [-0.15, -0.1) is 0 Å². The summed E-state index contributed by atoms with van der Waals surface area (Å²) in [5.41, 5.74) is 3.19. The number of rotatable bonds is 13. The molecule has 2 aromatic carbocycles. The molecule has 0 radical (unpaired) electrons. The molecular weight excluding hydrogens is 490 g/mol. The number of ether oxygens (including phenoxy) is 3. The van der Waals surface area contributed by atoms with Gasteiger partial charge in [-0.2, -0.15) is 0 Å². The number of urea groups is 1. The van der Waals surface area contributed by atoms with E-state index in [4.69, 9.17) is 14.2 Å². The largest absolute Gasteiger partial charge is 0.496 e. The lowest BCUT2D eigenvalue weighted by atomic mass is 10.0. The molecule has 0 atom stereocenters. The summed E-state index contributed by atoms with van der Waals surface area (Å²) in [6, 6.07) is 13.9. The molecule has 39 heavy (non-hydrogen) atoms. The number of amides is 2. The van der Waals surface area contributed by atoms with Crippen molar-refractivity contribution in [3.05, 3.63) is 47.5 Å². The van der Waals surface area contributed by atoms with Crippen molar-refractivity contribution in [2.24, 2.45) is 0 Å². The van der Waals surface area contributed by atoms with E-state index in [0.717, 1.165) is 74.3 Å². The molecule has 7 nitrogen and oxygen atoms in total. The van der Waals surface area contributed by atoms with Gasteiger partial charge in [0, 0.05) is 49.0 Å². The van der Waals surface area contributed by atoms with Crippen LogP contribution in [0.2, 0.25) is 0 Å². The van der Waals surface area contributed by atoms with E-state index in [9.17, 15) is 4.79 Å². The number of unbranched alkanes of at least 4 members (excludes halogenated alkanes) is 2. The van der Waals surface area contributed by atoms with Gasteiger partial charge in [0.05, 0.1) is 27.4 Å². The van der Waals surface area contributed by atoms with E-state index in [2.05, 4.69) is 30.0 Å². The highest BCUT2D eigenvalue weighted by Gasteiger charge is 2.38. The van der Waals surface area contributed by atoms with Crippen LogP contribution in [0.15, 0.2) is 36.4 Å². The monoisotopic (exact) mass is 535 g/mol. The minimum absolute atomic E-state index is 0.0130. The Morgan fingerprint density at radius 3 is 2.36 bits per heavy atom. The van der Waals surface area contributed by atoms with Crippen LogP contribution in [0.5, 0.6) is 17.2 Å². The average Bonchev–Trinajstić information content (AvgIpc) is 3.55. The number of carbonyl (C=O) groups excluding carboxylic acids is 1. The van der Waals surface area contributed by atoms with Gasteiger partial charge in [0.1, 0.15) is 5.75 Å². The molecule has 212 valence electrons. The Morgan fingerprint density at radius 2 is 1.64 bits per heavy atom. The van der Waals surface area contributed by atoms with Crippen molar-refractivity contribution in [2.75, 3.05) is 45.4 Å². The van der Waals surface area contributed by atoms with E-state index in [1.807, 2.05) is 28.0 Å². The van der Waals surface area contributed by atoms with E-state index in [-0.39, 0.29) is 6.03 Å². The molecule has 3 aliphatic heterocycles. The van der Waals surface area contributed by atoms with Crippen molar-refractivity contribution >= 4 is 11.7 Å². The molecule has 3 saturated heterocycles. The van der Waals surface area contributed by atoms with Crippen LogP contribution in [-0.4, -0.2) is 68.4 Å². The van der Waals surface area contributed by atoms with Crippen LogP contribution in [0, 0.1) is 0 Å². The average molecular weight is 536 g/mol. The smallest absolute Gasteiger partial charge is 0.324 e. The molecule has 5 rings (SSSR count). The maximum absolute atomic E-state index is 13.6. The van der Waals surface area contributed by atoms with E-state index < -0.39 is 0 Å². The molecule has 0 saturated carbocycles. The van der Waals surface area contributed by atoms with Gasteiger partial charge in [-0.05, 0) is 68.7 Å². The molecule has 3 aliphatic rings. The van der Waals surface area contributed by atoms with Crippen LogP contribution in [0.4, 0.5) is 10.5 Å². The Balaban J connectivity index is 1.23. The number of fused-ring (bicyclic) bond motifs is 2. The lowest BCUT2D eigenvalue weighted by molar-refractivity contribution is 0.191. The second kappa shape index (κ2) is 12.9. The molecule has 0 N–H and O–H groups in total. The normalized spacial score (nSPS) is 21.1. The summed E-state index contributed by atoms with van der Waals surface area (Å²) in [5, 5.41) is 0. The first-order valence-electron chi connectivity index (χ1n) is 14.9. The van der Waals surface area contributed by atoms with Crippen LogP contribution in [0.25, 0.3) is 0 Å². The van der Waals surface area contributed by atoms with Gasteiger partial charge in [0.15, 0.2) is 11.5 Å². The second-order valence-corrected chi connectivity index (χ2v) is 11.2. The number of nitrogens with zero attached hydrogens (tertiary/aromatic N) is 3. The van der Waals surface area contributed by atoms with Gasteiger partial charge in [0.25, 0.3) is 0 Å². The Hall–Kier alpha value is -2.93. The zero-order chi connectivity index (χ0) is 27.2. The third-order valence-corrected chi connectivity index (χ3v) is 8.75. The predicted molar refractivity (Wildman–Crippen MR) is 155 cm³/mol. The highest BCUT2D eigenvalue weighted by molar-refractivity contribution is 5.93. The summed E-state index contributed by atoms with van der Waals surface area (Å²) in [6.07, 6.45) is 10.7. The van der Waals surface area contributed by atoms with Crippen molar-refractivity contribution in [2.45, 2.75) is 83.3 Å².